The van der Waals surface area contributed by atoms with Crippen LogP contribution < -0.4 is 4.90 Å². The van der Waals surface area contributed by atoms with Gasteiger partial charge in [0.05, 0.1) is 28.2 Å². The van der Waals surface area contributed by atoms with Crippen LogP contribution in [0.5, 0.6) is 0 Å². The summed E-state index contributed by atoms with van der Waals surface area (Å²) in [5.41, 5.74) is -1.07. The molecule has 2 rings (SSSR count). The second kappa shape index (κ2) is 7.30. The molecule has 0 radical (unpaired) electrons. The summed E-state index contributed by atoms with van der Waals surface area (Å²) in [6.07, 6.45) is 0.603. The fourth-order valence-electron chi connectivity index (χ4n) is 2.99. The predicted molar refractivity (Wildman–Crippen MR) is 94.7 cm³/mol. The van der Waals surface area contributed by atoms with Crippen molar-refractivity contribution in [2.24, 2.45) is 0 Å². The first-order chi connectivity index (χ1) is 12.0. The highest BCUT2D eigenvalue weighted by Crippen LogP contribution is 2.32. The van der Waals surface area contributed by atoms with Gasteiger partial charge in [-0.1, -0.05) is 0 Å². The summed E-state index contributed by atoms with van der Waals surface area (Å²) in [5, 5.41) is 30.8. The number of anilines is 1. The van der Waals surface area contributed by atoms with Gasteiger partial charge in [-0.2, -0.15) is 5.26 Å². The average Bonchev–Trinajstić information content (AvgIpc) is 2.52. The van der Waals surface area contributed by atoms with Gasteiger partial charge in [-0.25, -0.2) is 0 Å². The van der Waals surface area contributed by atoms with E-state index in [-0.39, 0.29) is 17.7 Å². The van der Waals surface area contributed by atoms with E-state index in [2.05, 4.69) is 0 Å². The maximum Gasteiger partial charge on any atom is 0.309 e. The molecule has 1 aromatic rings. The van der Waals surface area contributed by atoms with Gasteiger partial charge in [-0.15, -0.1) is 0 Å². The molecule has 0 bridgehead atoms. The van der Waals surface area contributed by atoms with Gasteiger partial charge >= 0.3 is 5.97 Å². The number of non-ortho nitro benzene ring substituents is 1. The van der Waals surface area contributed by atoms with Gasteiger partial charge in [0.2, 0.25) is 0 Å². The van der Waals surface area contributed by atoms with Crippen LogP contribution in [0.25, 0.3) is 0 Å². The van der Waals surface area contributed by atoms with E-state index in [9.17, 15) is 25.3 Å². The minimum absolute atomic E-state index is 0.0799. The number of aliphatic hydroxyl groups is 1. The minimum Gasteiger partial charge on any atom is -0.460 e. The van der Waals surface area contributed by atoms with Crippen molar-refractivity contribution in [2.45, 2.75) is 51.2 Å². The number of hydrogen-bond acceptors (Lipinski definition) is 7. The molecule has 1 heterocycles. The van der Waals surface area contributed by atoms with Crippen molar-refractivity contribution in [2.75, 3.05) is 18.0 Å². The van der Waals surface area contributed by atoms with E-state index in [1.165, 1.54) is 12.1 Å². The molecular formula is C18H23N3O5. The molecule has 26 heavy (non-hydrogen) atoms. The molecule has 0 aliphatic carbocycles. The van der Waals surface area contributed by atoms with Crippen LogP contribution in [0, 0.1) is 21.4 Å². The van der Waals surface area contributed by atoms with E-state index < -0.39 is 22.1 Å². The van der Waals surface area contributed by atoms with Crippen LogP contribution in [0.4, 0.5) is 11.4 Å². The lowest BCUT2D eigenvalue weighted by Gasteiger charge is -2.39. The lowest BCUT2D eigenvalue weighted by atomic mass is 9.87. The number of nitro groups is 1. The molecule has 1 fully saturated rings. The largest absolute Gasteiger partial charge is 0.460 e. The van der Waals surface area contributed by atoms with Gasteiger partial charge in [0.15, 0.2) is 0 Å². The first-order valence-electron chi connectivity index (χ1n) is 8.41. The Kier molecular flexibility index (Phi) is 5.52. The summed E-state index contributed by atoms with van der Waals surface area (Å²) in [6, 6.07) is 6.14. The lowest BCUT2D eigenvalue weighted by molar-refractivity contribution is -0.384. The molecule has 140 valence electrons. The number of nitrogens with zero attached hydrogens (tertiary/aromatic N) is 3. The Bertz CT molecular complexity index is 740. The quantitative estimate of drug-likeness (QED) is 0.497. The van der Waals surface area contributed by atoms with Crippen molar-refractivity contribution in [3.63, 3.8) is 0 Å². The number of carbonyl (C=O) groups excluding carboxylic acids is 1. The van der Waals surface area contributed by atoms with E-state index >= 15 is 0 Å². The van der Waals surface area contributed by atoms with Gasteiger partial charge in [-0.3, -0.25) is 14.9 Å². The summed E-state index contributed by atoms with van der Waals surface area (Å²) in [7, 11) is 0. The molecule has 0 atom stereocenters. The van der Waals surface area contributed by atoms with Crippen LogP contribution >= 0.6 is 0 Å². The number of rotatable bonds is 4. The fourth-order valence-corrected chi connectivity index (χ4v) is 2.99. The molecule has 0 spiro atoms. The van der Waals surface area contributed by atoms with Crippen LogP contribution in [0.1, 0.15) is 45.6 Å². The van der Waals surface area contributed by atoms with Crippen LogP contribution in [0.2, 0.25) is 0 Å². The maximum atomic E-state index is 12.0. The normalized spacial score (nSPS) is 16.7. The van der Waals surface area contributed by atoms with Gasteiger partial charge in [0.25, 0.3) is 5.69 Å². The number of ether oxygens (including phenoxy) is 1. The highest BCUT2D eigenvalue weighted by atomic mass is 16.6. The van der Waals surface area contributed by atoms with Gasteiger partial charge in [0, 0.05) is 25.2 Å². The Morgan fingerprint density at radius 1 is 1.42 bits per heavy atom. The first-order valence-corrected chi connectivity index (χ1v) is 8.41. The summed E-state index contributed by atoms with van der Waals surface area (Å²) in [5.74, 6) is -0.443. The molecular weight excluding hydrogens is 338 g/mol. The summed E-state index contributed by atoms with van der Waals surface area (Å²) >= 11 is 0. The Morgan fingerprint density at radius 3 is 2.54 bits per heavy atom. The Balaban J connectivity index is 2.05. The van der Waals surface area contributed by atoms with Gasteiger partial charge < -0.3 is 14.7 Å². The van der Waals surface area contributed by atoms with Crippen molar-refractivity contribution in [3.05, 3.63) is 33.9 Å². The fraction of sp³-hybridized carbons (Fsp3) is 0.556. The summed E-state index contributed by atoms with van der Waals surface area (Å²) < 4.78 is 5.27. The SMILES string of the molecule is CC(C)(C)OC(=O)CC1(O)CCN(c2ccc([N+](=O)[O-])cc2C#N)CC1. The van der Waals surface area contributed by atoms with Crippen molar-refractivity contribution in [1.29, 1.82) is 5.26 Å². The molecule has 0 amide bonds. The van der Waals surface area contributed by atoms with E-state index in [0.29, 0.717) is 31.6 Å². The molecule has 1 aliphatic rings. The van der Waals surface area contributed by atoms with E-state index in [1.54, 1.807) is 26.8 Å². The predicted octanol–water partition coefficient (Wildman–Crippen LogP) is 2.53. The van der Waals surface area contributed by atoms with Gasteiger partial charge in [-0.05, 0) is 39.7 Å². The monoisotopic (exact) mass is 361 g/mol. The summed E-state index contributed by atoms with van der Waals surface area (Å²) in [4.78, 5) is 24.2. The van der Waals surface area contributed by atoms with Crippen molar-refractivity contribution >= 4 is 17.3 Å². The molecule has 1 N–H and O–H groups in total. The molecule has 8 nitrogen and oxygen atoms in total. The number of nitriles is 1. The van der Waals surface area contributed by atoms with Crippen molar-refractivity contribution in [3.8, 4) is 6.07 Å². The molecule has 1 aliphatic heterocycles. The van der Waals surface area contributed by atoms with Crippen LogP contribution in [0.3, 0.4) is 0 Å². The van der Waals surface area contributed by atoms with E-state index in [1.807, 2.05) is 11.0 Å². The zero-order valence-corrected chi connectivity index (χ0v) is 15.2. The lowest BCUT2D eigenvalue weighted by Crippen LogP contribution is -2.46. The Labute approximate surface area is 152 Å². The van der Waals surface area contributed by atoms with Crippen molar-refractivity contribution < 1.29 is 19.6 Å². The Hall–Kier alpha value is -2.66. The third kappa shape index (κ3) is 4.92. The highest BCUT2D eigenvalue weighted by molar-refractivity contribution is 5.71. The third-order valence-electron chi connectivity index (χ3n) is 4.24. The average molecular weight is 361 g/mol. The third-order valence-corrected chi connectivity index (χ3v) is 4.24. The second-order valence-electron chi connectivity index (χ2n) is 7.54. The van der Waals surface area contributed by atoms with Crippen molar-refractivity contribution in [1.82, 2.24) is 0 Å². The molecule has 0 aromatic heterocycles. The standard InChI is InChI=1S/C18H23N3O5/c1-17(2,3)26-16(22)11-18(23)6-8-20(9-7-18)15-5-4-14(21(24)25)10-13(15)12-19/h4-5,10,23H,6-9,11H2,1-3H3. The number of carbonyl (C=O) groups is 1. The number of nitro benzene ring substituents is 1. The van der Waals surface area contributed by atoms with Crippen LogP contribution in [0.15, 0.2) is 18.2 Å². The zero-order chi connectivity index (χ0) is 19.5. The molecule has 0 unspecified atom stereocenters. The minimum atomic E-state index is -1.15. The molecule has 1 aromatic carbocycles. The Morgan fingerprint density at radius 2 is 2.04 bits per heavy atom. The smallest absolute Gasteiger partial charge is 0.309 e. The number of benzene rings is 1. The van der Waals surface area contributed by atoms with E-state index in [0.717, 1.165) is 0 Å². The molecule has 0 saturated carbocycles. The maximum absolute atomic E-state index is 12.0. The first kappa shape index (κ1) is 19.7. The summed E-state index contributed by atoms with van der Waals surface area (Å²) in [6.45, 7) is 6.19. The van der Waals surface area contributed by atoms with E-state index in [4.69, 9.17) is 4.74 Å². The number of hydrogen-bond donors (Lipinski definition) is 1. The molecule has 1 saturated heterocycles. The second-order valence-corrected chi connectivity index (χ2v) is 7.54. The highest BCUT2D eigenvalue weighted by Gasteiger charge is 2.36. The topological polar surface area (TPSA) is 117 Å². The zero-order valence-electron chi connectivity index (χ0n) is 15.2. The van der Waals surface area contributed by atoms with Crippen LogP contribution in [-0.4, -0.2) is 40.3 Å². The van der Waals surface area contributed by atoms with Gasteiger partial charge in [0.1, 0.15) is 11.7 Å². The molecule has 8 heteroatoms. The number of piperidine rings is 1. The van der Waals surface area contributed by atoms with Crippen LogP contribution in [-0.2, 0) is 9.53 Å². The number of esters is 1.